The standard InChI is InChI=1S/C22H28O3/c1-5-25-20(24)16(13-15-9-7-6-8-10-15)14-17-18-11-12-22(4,19(17)23)21(18,2)3/h6-10,14,16,18H,5,11-13H2,1-4H3/b17-14+/t16-,18-,22+/m0/s1. The molecule has 1 aromatic rings. The van der Waals surface area contributed by atoms with E-state index in [4.69, 9.17) is 4.74 Å². The molecule has 3 atom stereocenters. The number of ether oxygens (including phenoxy) is 1. The van der Waals surface area contributed by atoms with Gasteiger partial charge in [0.1, 0.15) is 0 Å². The minimum Gasteiger partial charge on any atom is -0.466 e. The van der Waals surface area contributed by atoms with Gasteiger partial charge in [-0.05, 0) is 48.7 Å². The Morgan fingerprint density at radius 2 is 1.96 bits per heavy atom. The van der Waals surface area contributed by atoms with Gasteiger partial charge in [-0.2, -0.15) is 0 Å². The molecule has 134 valence electrons. The molecule has 2 saturated carbocycles. The summed E-state index contributed by atoms with van der Waals surface area (Å²) >= 11 is 0. The molecule has 0 aliphatic heterocycles. The van der Waals surface area contributed by atoms with Gasteiger partial charge in [0.05, 0.1) is 12.5 Å². The molecule has 1 aromatic carbocycles. The van der Waals surface area contributed by atoms with Crippen LogP contribution in [0.1, 0.15) is 46.1 Å². The third-order valence-electron chi connectivity index (χ3n) is 6.63. The van der Waals surface area contributed by atoms with Gasteiger partial charge < -0.3 is 4.74 Å². The Balaban J connectivity index is 1.93. The molecule has 0 amide bonds. The van der Waals surface area contributed by atoms with E-state index in [1.807, 2.05) is 43.3 Å². The first-order chi connectivity index (χ1) is 11.8. The van der Waals surface area contributed by atoms with Crippen LogP contribution >= 0.6 is 0 Å². The molecule has 0 unspecified atom stereocenters. The summed E-state index contributed by atoms with van der Waals surface area (Å²) in [5.74, 6) is -0.161. The van der Waals surface area contributed by atoms with Crippen LogP contribution in [0.3, 0.4) is 0 Å². The van der Waals surface area contributed by atoms with Crippen molar-refractivity contribution in [2.45, 2.75) is 47.0 Å². The van der Waals surface area contributed by atoms with Crippen LogP contribution in [0.5, 0.6) is 0 Å². The molecule has 0 spiro atoms. The van der Waals surface area contributed by atoms with E-state index in [1.165, 1.54) is 0 Å². The second kappa shape index (κ2) is 6.44. The molecular formula is C22H28O3. The summed E-state index contributed by atoms with van der Waals surface area (Å²) < 4.78 is 5.28. The Labute approximate surface area is 150 Å². The minimum atomic E-state index is -0.403. The molecule has 3 nitrogen and oxygen atoms in total. The van der Waals surface area contributed by atoms with Crippen LogP contribution < -0.4 is 0 Å². The highest BCUT2D eigenvalue weighted by Crippen LogP contribution is 2.65. The third-order valence-corrected chi connectivity index (χ3v) is 6.63. The largest absolute Gasteiger partial charge is 0.466 e. The minimum absolute atomic E-state index is 0.0398. The van der Waals surface area contributed by atoms with E-state index in [-0.39, 0.29) is 28.5 Å². The van der Waals surface area contributed by atoms with Gasteiger partial charge in [0, 0.05) is 5.41 Å². The SMILES string of the molecule is CCOC(=O)[C@H](/C=C1/C(=O)[C@@]2(C)CC[C@@H]1C2(C)C)Cc1ccccc1. The van der Waals surface area contributed by atoms with Gasteiger partial charge in [-0.3, -0.25) is 9.59 Å². The van der Waals surface area contributed by atoms with Crippen molar-refractivity contribution in [2.75, 3.05) is 6.61 Å². The van der Waals surface area contributed by atoms with Crippen molar-refractivity contribution in [3.05, 3.63) is 47.5 Å². The number of benzene rings is 1. The lowest BCUT2D eigenvalue weighted by Crippen LogP contribution is -2.32. The lowest BCUT2D eigenvalue weighted by molar-refractivity contribution is -0.146. The number of hydrogen-bond donors (Lipinski definition) is 0. The Kier molecular flexibility index (Phi) is 4.61. The lowest BCUT2D eigenvalue weighted by Gasteiger charge is -2.31. The third kappa shape index (κ3) is 2.84. The molecule has 2 fully saturated rings. The van der Waals surface area contributed by atoms with E-state index < -0.39 is 5.92 Å². The normalized spacial score (nSPS) is 29.8. The van der Waals surface area contributed by atoms with E-state index in [2.05, 4.69) is 20.8 Å². The molecular weight excluding hydrogens is 312 g/mol. The molecule has 25 heavy (non-hydrogen) atoms. The summed E-state index contributed by atoms with van der Waals surface area (Å²) in [6.45, 7) is 8.65. The Morgan fingerprint density at radius 3 is 2.52 bits per heavy atom. The van der Waals surface area contributed by atoms with Crippen LogP contribution in [0.15, 0.2) is 42.0 Å². The number of carbonyl (C=O) groups excluding carboxylic acids is 2. The second-order valence-electron chi connectivity index (χ2n) is 8.14. The van der Waals surface area contributed by atoms with Crippen molar-refractivity contribution in [3.63, 3.8) is 0 Å². The molecule has 0 N–H and O–H groups in total. The first-order valence-electron chi connectivity index (χ1n) is 9.28. The molecule has 3 rings (SSSR count). The van der Waals surface area contributed by atoms with Crippen molar-refractivity contribution in [3.8, 4) is 0 Å². The van der Waals surface area contributed by atoms with Crippen molar-refractivity contribution in [1.82, 2.24) is 0 Å². The first-order valence-corrected chi connectivity index (χ1v) is 9.28. The number of allylic oxidation sites excluding steroid dienone is 1. The number of fused-ring (bicyclic) bond motifs is 2. The number of hydrogen-bond acceptors (Lipinski definition) is 3. The number of esters is 1. The molecule has 2 aliphatic rings. The average Bonchev–Trinajstić information content (AvgIpc) is 2.89. The molecule has 0 saturated heterocycles. The zero-order valence-corrected chi connectivity index (χ0v) is 15.7. The summed E-state index contributed by atoms with van der Waals surface area (Å²) in [5, 5.41) is 0. The molecule has 2 aliphatic carbocycles. The Bertz CT molecular complexity index is 701. The molecule has 2 bridgehead atoms. The van der Waals surface area contributed by atoms with Crippen LogP contribution in [0.2, 0.25) is 0 Å². The summed E-state index contributed by atoms with van der Waals surface area (Å²) in [5.41, 5.74) is 1.60. The van der Waals surface area contributed by atoms with Crippen molar-refractivity contribution < 1.29 is 14.3 Å². The Morgan fingerprint density at radius 1 is 1.28 bits per heavy atom. The predicted octanol–water partition coefficient (Wildman–Crippen LogP) is 4.36. The van der Waals surface area contributed by atoms with Gasteiger partial charge in [-0.1, -0.05) is 57.2 Å². The van der Waals surface area contributed by atoms with E-state index in [0.717, 1.165) is 24.0 Å². The van der Waals surface area contributed by atoms with E-state index in [1.54, 1.807) is 0 Å². The van der Waals surface area contributed by atoms with Gasteiger partial charge in [-0.15, -0.1) is 0 Å². The highest BCUT2D eigenvalue weighted by molar-refractivity contribution is 6.05. The fraction of sp³-hybridized carbons (Fsp3) is 0.545. The predicted molar refractivity (Wildman–Crippen MR) is 98.0 cm³/mol. The van der Waals surface area contributed by atoms with E-state index in [0.29, 0.717) is 13.0 Å². The highest BCUT2D eigenvalue weighted by atomic mass is 16.5. The summed E-state index contributed by atoms with van der Waals surface area (Å²) in [7, 11) is 0. The van der Waals surface area contributed by atoms with Crippen LogP contribution in [0.4, 0.5) is 0 Å². The smallest absolute Gasteiger partial charge is 0.313 e. The van der Waals surface area contributed by atoms with Crippen LogP contribution in [0.25, 0.3) is 0 Å². The highest BCUT2D eigenvalue weighted by Gasteiger charge is 2.63. The number of Topliss-reactive ketones (excluding diaryl/α,β-unsaturated/α-hetero) is 1. The maximum Gasteiger partial charge on any atom is 0.313 e. The molecule has 0 radical (unpaired) electrons. The van der Waals surface area contributed by atoms with Gasteiger partial charge in [0.25, 0.3) is 0 Å². The topological polar surface area (TPSA) is 43.4 Å². The molecule has 3 heteroatoms. The van der Waals surface area contributed by atoms with Gasteiger partial charge in [-0.25, -0.2) is 0 Å². The number of rotatable bonds is 5. The van der Waals surface area contributed by atoms with Crippen LogP contribution in [-0.4, -0.2) is 18.4 Å². The van der Waals surface area contributed by atoms with Gasteiger partial charge in [0.2, 0.25) is 0 Å². The van der Waals surface area contributed by atoms with Crippen molar-refractivity contribution in [2.24, 2.45) is 22.7 Å². The zero-order chi connectivity index (χ0) is 18.2. The fourth-order valence-electron chi connectivity index (χ4n) is 4.66. The van der Waals surface area contributed by atoms with Crippen LogP contribution in [-0.2, 0) is 20.7 Å². The van der Waals surface area contributed by atoms with Gasteiger partial charge >= 0.3 is 5.97 Å². The maximum atomic E-state index is 13.1. The lowest BCUT2D eigenvalue weighted by atomic mass is 9.70. The van der Waals surface area contributed by atoms with Crippen molar-refractivity contribution >= 4 is 11.8 Å². The summed E-state index contributed by atoms with van der Waals surface area (Å²) in [6, 6.07) is 9.93. The quantitative estimate of drug-likeness (QED) is 0.591. The van der Waals surface area contributed by atoms with Crippen molar-refractivity contribution in [1.29, 1.82) is 0 Å². The van der Waals surface area contributed by atoms with Gasteiger partial charge in [0.15, 0.2) is 5.78 Å². The maximum absolute atomic E-state index is 13.1. The van der Waals surface area contributed by atoms with E-state index >= 15 is 0 Å². The first kappa shape index (κ1) is 17.9. The second-order valence-corrected chi connectivity index (χ2v) is 8.14. The monoisotopic (exact) mass is 340 g/mol. The molecule has 0 aromatic heterocycles. The zero-order valence-electron chi connectivity index (χ0n) is 15.7. The summed E-state index contributed by atoms with van der Waals surface area (Å²) in [6.07, 6.45) is 4.47. The fourth-order valence-corrected chi connectivity index (χ4v) is 4.66. The number of carbonyl (C=O) groups is 2. The average molecular weight is 340 g/mol. The van der Waals surface area contributed by atoms with Crippen LogP contribution in [0, 0.1) is 22.7 Å². The summed E-state index contributed by atoms with van der Waals surface area (Å²) in [4.78, 5) is 25.6. The molecule has 0 heterocycles. The van der Waals surface area contributed by atoms with E-state index in [9.17, 15) is 9.59 Å². The number of ketones is 1. The Hall–Kier alpha value is -1.90.